The van der Waals surface area contributed by atoms with Crippen molar-refractivity contribution in [3.63, 3.8) is 0 Å². The lowest BCUT2D eigenvalue weighted by molar-refractivity contribution is -0.119. The monoisotopic (exact) mass is 198 g/mol. The van der Waals surface area contributed by atoms with Crippen LogP contribution in [0.15, 0.2) is 0 Å². The highest BCUT2D eigenvalue weighted by Gasteiger charge is 2.26. The quantitative estimate of drug-likeness (QED) is 0.658. The number of ether oxygens (including phenoxy) is 1. The smallest absolute Gasteiger partial charge is 0.221 e. The third-order valence-electron chi connectivity index (χ3n) is 2.93. The fourth-order valence-electron chi connectivity index (χ4n) is 2.21. The highest BCUT2D eigenvalue weighted by molar-refractivity contribution is 5.78. The first-order chi connectivity index (χ1) is 6.74. The molecule has 0 aromatic heterocycles. The Morgan fingerprint density at radius 1 is 1.50 bits per heavy atom. The standard InChI is InChI=1S/C10H18N2O2/c1-7-4-8(2-3-14-7)12-9-5-10(13)11-6-9/h7-9,12H,2-6H2,1H3,(H,11,13). The van der Waals surface area contributed by atoms with Gasteiger partial charge in [0.05, 0.1) is 6.10 Å². The fraction of sp³-hybridized carbons (Fsp3) is 0.900. The lowest BCUT2D eigenvalue weighted by Gasteiger charge is -2.29. The molecule has 0 radical (unpaired) electrons. The Morgan fingerprint density at radius 2 is 2.36 bits per heavy atom. The van der Waals surface area contributed by atoms with E-state index < -0.39 is 0 Å². The first-order valence-electron chi connectivity index (χ1n) is 5.38. The minimum Gasteiger partial charge on any atom is -0.378 e. The second kappa shape index (κ2) is 4.28. The predicted octanol–water partition coefficient (Wildman–Crippen LogP) is 0.0320. The SMILES string of the molecule is CC1CC(NC2CNC(=O)C2)CCO1. The van der Waals surface area contributed by atoms with E-state index in [4.69, 9.17) is 4.74 Å². The van der Waals surface area contributed by atoms with Crippen molar-refractivity contribution < 1.29 is 9.53 Å². The van der Waals surface area contributed by atoms with Crippen LogP contribution in [0.2, 0.25) is 0 Å². The number of amides is 1. The van der Waals surface area contributed by atoms with Gasteiger partial charge in [-0.3, -0.25) is 4.79 Å². The minimum absolute atomic E-state index is 0.169. The van der Waals surface area contributed by atoms with Crippen LogP contribution >= 0.6 is 0 Å². The molecule has 2 rings (SSSR count). The first kappa shape index (κ1) is 9.93. The lowest BCUT2D eigenvalue weighted by Crippen LogP contribution is -2.44. The van der Waals surface area contributed by atoms with E-state index in [0.29, 0.717) is 24.6 Å². The molecule has 4 heteroatoms. The molecule has 2 N–H and O–H groups in total. The van der Waals surface area contributed by atoms with Crippen molar-refractivity contribution >= 4 is 5.91 Å². The summed E-state index contributed by atoms with van der Waals surface area (Å²) in [5, 5.41) is 6.35. The normalized spacial score (nSPS) is 38.4. The van der Waals surface area contributed by atoms with Crippen LogP contribution in [0.5, 0.6) is 0 Å². The molecule has 0 bridgehead atoms. The Hall–Kier alpha value is -0.610. The van der Waals surface area contributed by atoms with Crippen molar-refractivity contribution in [3.8, 4) is 0 Å². The molecule has 0 aromatic carbocycles. The van der Waals surface area contributed by atoms with Gasteiger partial charge in [0, 0.05) is 31.7 Å². The number of hydrogen-bond acceptors (Lipinski definition) is 3. The maximum Gasteiger partial charge on any atom is 0.221 e. The topological polar surface area (TPSA) is 50.4 Å². The second-order valence-electron chi connectivity index (χ2n) is 4.27. The molecule has 14 heavy (non-hydrogen) atoms. The van der Waals surface area contributed by atoms with Gasteiger partial charge in [-0.1, -0.05) is 0 Å². The van der Waals surface area contributed by atoms with Crippen molar-refractivity contribution in [2.75, 3.05) is 13.2 Å². The van der Waals surface area contributed by atoms with Crippen molar-refractivity contribution in [1.82, 2.24) is 10.6 Å². The molecular formula is C10H18N2O2. The summed E-state index contributed by atoms with van der Waals surface area (Å²) in [5.41, 5.74) is 0. The molecule has 80 valence electrons. The Labute approximate surface area is 84.4 Å². The number of carbonyl (C=O) groups excluding carboxylic acids is 1. The average Bonchev–Trinajstić information content (AvgIpc) is 2.51. The van der Waals surface area contributed by atoms with Crippen LogP contribution in [0.25, 0.3) is 0 Å². The van der Waals surface area contributed by atoms with E-state index in [2.05, 4.69) is 17.6 Å². The van der Waals surface area contributed by atoms with E-state index in [9.17, 15) is 4.79 Å². The van der Waals surface area contributed by atoms with Crippen molar-refractivity contribution in [2.45, 2.75) is 44.4 Å². The van der Waals surface area contributed by atoms with Crippen LogP contribution in [-0.4, -0.2) is 37.2 Å². The molecule has 2 aliphatic heterocycles. The van der Waals surface area contributed by atoms with Crippen LogP contribution in [0.1, 0.15) is 26.2 Å². The summed E-state index contributed by atoms with van der Waals surface area (Å²) in [7, 11) is 0. The second-order valence-corrected chi connectivity index (χ2v) is 4.27. The maximum absolute atomic E-state index is 11.0. The summed E-state index contributed by atoms with van der Waals surface area (Å²) in [4.78, 5) is 11.0. The van der Waals surface area contributed by atoms with Gasteiger partial charge in [-0.2, -0.15) is 0 Å². The number of carbonyl (C=O) groups is 1. The molecule has 2 aliphatic rings. The highest BCUT2D eigenvalue weighted by atomic mass is 16.5. The number of nitrogens with one attached hydrogen (secondary N) is 2. The zero-order chi connectivity index (χ0) is 9.97. The zero-order valence-corrected chi connectivity index (χ0v) is 8.58. The Morgan fingerprint density at radius 3 is 3.00 bits per heavy atom. The number of rotatable bonds is 2. The predicted molar refractivity (Wildman–Crippen MR) is 53.0 cm³/mol. The molecule has 0 aliphatic carbocycles. The zero-order valence-electron chi connectivity index (χ0n) is 8.58. The molecule has 2 fully saturated rings. The largest absolute Gasteiger partial charge is 0.378 e. The summed E-state index contributed by atoms with van der Waals surface area (Å²) in [6, 6.07) is 0.856. The third kappa shape index (κ3) is 2.45. The fourth-order valence-corrected chi connectivity index (χ4v) is 2.21. The molecule has 1 amide bonds. The van der Waals surface area contributed by atoms with E-state index >= 15 is 0 Å². The Bertz CT molecular complexity index is 220. The molecule has 0 saturated carbocycles. The van der Waals surface area contributed by atoms with E-state index in [1.807, 2.05) is 0 Å². The summed E-state index contributed by atoms with van der Waals surface area (Å²) in [5.74, 6) is 0.169. The maximum atomic E-state index is 11.0. The Balaban J connectivity index is 1.76. The summed E-state index contributed by atoms with van der Waals surface area (Å²) in [6.45, 7) is 3.73. The lowest BCUT2D eigenvalue weighted by atomic mass is 10.0. The van der Waals surface area contributed by atoms with Gasteiger partial charge in [0.1, 0.15) is 0 Å². The number of hydrogen-bond donors (Lipinski definition) is 2. The Kier molecular flexibility index (Phi) is 3.03. The van der Waals surface area contributed by atoms with Gasteiger partial charge in [0.15, 0.2) is 0 Å². The first-order valence-corrected chi connectivity index (χ1v) is 5.38. The van der Waals surface area contributed by atoms with E-state index in [0.717, 1.165) is 26.0 Å². The van der Waals surface area contributed by atoms with Crippen LogP contribution in [0.4, 0.5) is 0 Å². The minimum atomic E-state index is 0.169. The van der Waals surface area contributed by atoms with Gasteiger partial charge in [0.25, 0.3) is 0 Å². The van der Waals surface area contributed by atoms with Gasteiger partial charge in [0.2, 0.25) is 5.91 Å². The van der Waals surface area contributed by atoms with Crippen LogP contribution in [-0.2, 0) is 9.53 Å². The molecule has 0 spiro atoms. The van der Waals surface area contributed by atoms with E-state index in [1.54, 1.807) is 0 Å². The summed E-state index contributed by atoms with van der Waals surface area (Å²) in [6.07, 6.45) is 3.11. The van der Waals surface area contributed by atoms with Crippen molar-refractivity contribution in [1.29, 1.82) is 0 Å². The van der Waals surface area contributed by atoms with Crippen molar-refractivity contribution in [3.05, 3.63) is 0 Å². The van der Waals surface area contributed by atoms with Gasteiger partial charge < -0.3 is 15.4 Å². The van der Waals surface area contributed by atoms with E-state index in [1.165, 1.54) is 0 Å². The van der Waals surface area contributed by atoms with Gasteiger partial charge in [-0.25, -0.2) is 0 Å². The van der Waals surface area contributed by atoms with Crippen molar-refractivity contribution in [2.24, 2.45) is 0 Å². The molecule has 3 unspecified atom stereocenters. The summed E-state index contributed by atoms with van der Waals surface area (Å²) >= 11 is 0. The molecule has 0 aromatic rings. The van der Waals surface area contributed by atoms with Crippen LogP contribution < -0.4 is 10.6 Å². The van der Waals surface area contributed by atoms with Gasteiger partial charge in [-0.15, -0.1) is 0 Å². The van der Waals surface area contributed by atoms with E-state index in [-0.39, 0.29) is 5.91 Å². The molecule has 3 atom stereocenters. The highest BCUT2D eigenvalue weighted by Crippen LogP contribution is 2.14. The molecule has 2 saturated heterocycles. The summed E-state index contributed by atoms with van der Waals surface area (Å²) < 4.78 is 5.47. The molecule has 4 nitrogen and oxygen atoms in total. The average molecular weight is 198 g/mol. The van der Waals surface area contributed by atoms with Crippen LogP contribution in [0.3, 0.4) is 0 Å². The molecule has 2 heterocycles. The van der Waals surface area contributed by atoms with Gasteiger partial charge in [-0.05, 0) is 19.8 Å². The van der Waals surface area contributed by atoms with Crippen LogP contribution in [0, 0.1) is 0 Å². The van der Waals surface area contributed by atoms with Gasteiger partial charge >= 0.3 is 0 Å². The third-order valence-corrected chi connectivity index (χ3v) is 2.93. The molecular weight excluding hydrogens is 180 g/mol.